The molecule has 0 aliphatic rings. The number of hydrogen-bond donors (Lipinski definition) is 1. The van der Waals surface area contributed by atoms with Gasteiger partial charge in [0.05, 0.1) is 0 Å². The molecule has 3 aromatic rings. The van der Waals surface area contributed by atoms with Crippen molar-refractivity contribution in [3.8, 4) is 5.75 Å². The monoisotopic (exact) mass is 316 g/mol. The summed E-state index contributed by atoms with van der Waals surface area (Å²) >= 11 is 5.81. The van der Waals surface area contributed by atoms with Gasteiger partial charge in [0, 0.05) is 22.5 Å². The highest BCUT2D eigenvalue weighted by Crippen LogP contribution is 2.22. The van der Waals surface area contributed by atoms with E-state index in [1.54, 1.807) is 48.5 Å². The topological polar surface area (TPSA) is 59.7 Å². The molecule has 2 aromatic carbocycles. The van der Waals surface area contributed by atoms with E-state index in [-0.39, 0.29) is 6.61 Å². The second-order valence-electron chi connectivity index (χ2n) is 4.83. The Bertz CT molecular complexity index is 839. The Morgan fingerprint density at radius 3 is 2.59 bits per heavy atom. The molecule has 1 N–H and O–H groups in total. The van der Waals surface area contributed by atoms with Crippen molar-refractivity contribution in [2.24, 2.45) is 0 Å². The van der Waals surface area contributed by atoms with Crippen molar-refractivity contribution in [2.45, 2.75) is 6.10 Å². The molecule has 0 radical (unpaired) electrons. The van der Waals surface area contributed by atoms with E-state index in [4.69, 9.17) is 20.8 Å². The van der Waals surface area contributed by atoms with Crippen molar-refractivity contribution in [1.29, 1.82) is 0 Å². The first-order valence-corrected chi connectivity index (χ1v) is 7.10. The summed E-state index contributed by atoms with van der Waals surface area (Å²) < 4.78 is 10.6. The molecule has 0 saturated carbocycles. The van der Waals surface area contributed by atoms with Gasteiger partial charge < -0.3 is 14.3 Å². The summed E-state index contributed by atoms with van der Waals surface area (Å²) in [4.78, 5) is 11.2. The fourth-order valence-electron chi connectivity index (χ4n) is 2.09. The van der Waals surface area contributed by atoms with Gasteiger partial charge in [-0.2, -0.15) is 0 Å². The third-order valence-corrected chi connectivity index (χ3v) is 3.51. The smallest absolute Gasteiger partial charge is 0.336 e. The largest absolute Gasteiger partial charge is 0.490 e. The molecule has 1 atom stereocenters. The maximum absolute atomic E-state index is 11.2. The van der Waals surface area contributed by atoms with Crippen LogP contribution in [0.5, 0.6) is 5.75 Å². The van der Waals surface area contributed by atoms with Crippen LogP contribution in [0.25, 0.3) is 11.0 Å². The molecule has 3 rings (SSSR count). The van der Waals surface area contributed by atoms with Crippen molar-refractivity contribution >= 4 is 22.6 Å². The molecule has 22 heavy (non-hydrogen) atoms. The zero-order valence-corrected chi connectivity index (χ0v) is 12.3. The maximum atomic E-state index is 11.2. The van der Waals surface area contributed by atoms with Crippen LogP contribution in [0, 0.1) is 0 Å². The second-order valence-corrected chi connectivity index (χ2v) is 5.27. The first kappa shape index (κ1) is 14.6. The zero-order valence-electron chi connectivity index (χ0n) is 11.5. The number of rotatable bonds is 4. The van der Waals surface area contributed by atoms with Crippen LogP contribution in [0.4, 0.5) is 0 Å². The number of ether oxygens (including phenoxy) is 1. The summed E-state index contributed by atoms with van der Waals surface area (Å²) in [5, 5.41) is 11.5. The number of fused-ring (bicyclic) bond motifs is 1. The summed E-state index contributed by atoms with van der Waals surface area (Å²) in [5.74, 6) is 0.523. The van der Waals surface area contributed by atoms with Crippen molar-refractivity contribution in [3.05, 3.63) is 75.6 Å². The Balaban J connectivity index is 1.73. The summed E-state index contributed by atoms with van der Waals surface area (Å²) in [7, 11) is 0. The number of aliphatic hydroxyl groups is 1. The molecule has 0 spiro atoms. The normalized spacial score (nSPS) is 12.3. The van der Waals surface area contributed by atoms with Gasteiger partial charge in [0.2, 0.25) is 0 Å². The first-order valence-electron chi connectivity index (χ1n) is 6.72. The number of aliphatic hydroxyl groups excluding tert-OH is 1. The highest BCUT2D eigenvalue weighted by molar-refractivity contribution is 6.30. The molecule has 1 heterocycles. The van der Waals surface area contributed by atoms with E-state index in [0.717, 1.165) is 10.9 Å². The second kappa shape index (κ2) is 6.22. The van der Waals surface area contributed by atoms with Gasteiger partial charge in [-0.15, -0.1) is 0 Å². The summed E-state index contributed by atoms with van der Waals surface area (Å²) in [6.07, 6.45) is -0.768. The molecule has 0 saturated heterocycles. The maximum Gasteiger partial charge on any atom is 0.336 e. The molecule has 0 aliphatic carbocycles. The molecule has 4 nitrogen and oxygen atoms in total. The molecule has 0 amide bonds. The van der Waals surface area contributed by atoms with Crippen LogP contribution >= 0.6 is 11.6 Å². The molecule has 1 aromatic heterocycles. The highest BCUT2D eigenvalue weighted by Gasteiger charge is 2.09. The fourth-order valence-corrected chi connectivity index (χ4v) is 2.21. The standard InChI is InChI=1S/C17H13ClO4/c18-13-5-1-11(2-6-13)15(19)10-21-14-7-3-12-4-8-17(20)22-16(12)9-14/h1-9,15,19H,10H2/t15-/m0/s1. The minimum absolute atomic E-state index is 0.0875. The Morgan fingerprint density at radius 1 is 1.09 bits per heavy atom. The first-order chi connectivity index (χ1) is 10.6. The lowest BCUT2D eigenvalue weighted by Gasteiger charge is -2.13. The van der Waals surface area contributed by atoms with Crippen molar-refractivity contribution in [1.82, 2.24) is 0 Å². The number of benzene rings is 2. The van der Waals surface area contributed by atoms with Crippen LogP contribution in [0.15, 0.2) is 63.8 Å². The zero-order chi connectivity index (χ0) is 15.5. The molecular weight excluding hydrogens is 304 g/mol. The van der Waals surface area contributed by atoms with E-state index in [1.165, 1.54) is 6.07 Å². The quantitative estimate of drug-likeness (QED) is 0.748. The minimum atomic E-state index is -0.768. The Morgan fingerprint density at radius 2 is 1.82 bits per heavy atom. The molecule has 112 valence electrons. The lowest BCUT2D eigenvalue weighted by Crippen LogP contribution is -2.09. The highest BCUT2D eigenvalue weighted by atomic mass is 35.5. The minimum Gasteiger partial charge on any atom is -0.490 e. The predicted octanol–water partition coefficient (Wildman–Crippen LogP) is 3.56. The Hall–Kier alpha value is -2.30. The molecule has 0 unspecified atom stereocenters. The fraction of sp³-hybridized carbons (Fsp3) is 0.118. The van der Waals surface area contributed by atoms with Crippen molar-refractivity contribution in [3.63, 3.8) is 0 Å². The van der Waals surface area contributed by atoms with Crippen LogP contribution < -0.4 is 10.4 Å². The van der Waals surface area contributed by atoms with Gasteiger partial charge in [-0.3, -0.25) is 0 Å². The number of halogens is 1. The van der Waals surface area contributed by atoms with Gasteiger partial charge in [0.25, 0.3) is 0 Å². The summed E-state index contributed by atoms with van der Waals surface area (Å²) in [5.41, 5.74) is 0.758. The van der Waals surface area contributed by atoms with E-state index < -0.39 is 11.7 Å². The third kappa shape index (κ3) is 3.30. The summed E-state index contributed by atoms with van der Waals surface area (Å²) in [6.45, 7) is 0.0875. The van der Waals surface area contributed by atoms with Crippen molar-refractivity contribution in [2.75, 3.05) is 6.61 Å². The van der Waals surface area contributed by atoms with Crippen molar-refractivity contribution < 1.29 is 14.3 Å². The average molecular weight is 317 g/mol. The van der Waals surface area contributed by atoms with Gasteiger partial charge >= 0.3 is 5.63 Å². The van der Waals surface area contributed by atoms with Gasteiger partial charge in [0.15, 0.2) is 0 Å². The van der Waals surface area contributed by atoms with Gasteiger partial charge in [-0.1, -0.05) is 23.7 Å². The Kier molecular flexibility index (Phi) is 4.13. The van der Waals surface area contributed by atoms with Gasteiger partial charge in [-0.25, -0.2) is 4.79 Å². The molecule has 0 fully saturated rings. The Labute approximate surface area is 131 Å². The van der Waals surface area contributed by atoms with Crippen LogP contribution in [0.2, 0.25) is 5.02 Å². The van der Waals surface area contributed by atoms with Crippen LogP contribution in [0.1, 0.15) is 11.7 Å². The van der Waals surface area contributed by atoms with E-state index in [1.807, 2.05) is 0 Å². The summed E-state index contributed by atoms with van der Waals surface area (Å²) in [6, 6.07) is 15.2. The van der Waals surface area contributed by atoms with E-state index in [2.05, 4.69) is 0 Å². The van der Waals surface area contributed by atoms with Crippen LogP contribution in [0.3, 0.4) is 0 Å². The van der Waals surface area contributed by atoms with Gasteiger partial charge in [-0.05, 0) is 35.9 Å². The van der Waals surface area contributed by atoms with E-state index >= 15 is 0 Å². The van der Waals surface area contributed by atoms with E-state index in [0.29, 0.717) is 16.4 Å². The predicted molar refractivity (Wildman–Crippen MR) is 84.4 cm³/mol. The van der Waals surface area contributed by atoms with Crippen LogP contribution in [-0.4, -0.2) is 11.7 Å². The lowest BCUT2D eigenvalue weighted by atomic mass is 10.1. The van der Waals surface area contributed by atoms with Gasteiger partial charge in [0.1, 0.15) is 24.0 Å². The molecule has 5 heteroatoms. The average Bonchev–Trinajstić information content (AvgIpc) is 2.53. The molecule has 0 bridgehead atoms. The number of hydrogen-bond acceptors (Lipinski definition) is 4. The molecule has 0 aliphatic heterocycles. The SMILES string of the molecule is O=c1ccc2ccc(OC[C@H](O)c3ccc(Cl)cc3)cc2o1. The van der Waals surface area contributed by atoms with E-state index in [9.17, 15) is 9.90 Å². The third-order valence-electron chi connectivity index (χ3n) is 3.26. The molecular formula is C17H13ClO4. The van der Waals surface area contributed by atoms with Crippen LogP contribution in [-0.2, 0) is 0 Å². The lowest BCUT2D eigenvalue weighted by molar-refractivity contribution is 0.108.